The van der Waals surface area contributed by atoms with Gasteiger partial charge in [0, 0.05) is 44.6 Å². The number of carbonyl (C=O) groups excluding carboxylic acids is 2. The first kappa shape index (κ1) is 32.7. The molecule has 3 aliphatic heterocycles. The molecule has 0 bridgehead atoms. The molecule has 13 nitrogen and oxygen atoms in total. The fourth-order valence-electron chi connectivity index (χ4n) is 6.07. The normalized spacial score (nSPS) is 16.2. The number of aromatic nitrogens is 5. The number of fused-ring (bicyclic) bond motifs is 3. The molecule has 0 spiro atoms. The second-order valence-electron chi connectivity index (χ2n) is 11.5. The van der Waals surface area contributed by atoms with Crippen molar-refractivity contribution in [1.29, 1.82) is 0 Å². The first-order valence-corrected chi connectivity index (χ1v) is 15.4. The lowest BCUT2D eigenvalue weighted by Crippen LogP contribution is -2.50. The van der Waals surface area contributed by atoms with Gasteiger partial charge >= 0.3 is 6.18 Å². The summed E-state index contributed by atoms with van der Waals surface area (Å²) in [6.45, 7) is 5.34. The van der Waals surface area contributed by atoms with Gasteiger partial charge in [0.2, 0.25) is 12.2 Å². The minimum Gasteiger partial charge on any atom is -0.505 e. The Morgan fingerprint density at radius 3 is 2.56 bits per heavy atom. The second-order valence-corrected chi connectivity index (χ2v) is 11.5. The van der Waals surface area contributed by atoms with Crippen LogP contribution >= 0.6 is 0 Å². The Hall–Kier alpha value is -5.25. The van der Waals surface area contributed by atoms with Crippen molar-refractivity contribution in [3.05, 3.63) is 81.3 Å². The van der Waals surface area contributed by atoms with Crippen molar-refractivity contribution >= 4 is 35.0 Å². The SMILES string of the molecule is Cc1cc(C(F)(F)F)ccc1NC=O.O=C(c1ncccc1O)N1CCN(c2c3n(c4nc(C5=CCOCC5)nn4c2=O)CCC3)CC1. The van der Waals surface area contributed by atoms with Crippen LogP contribution in [0.15, 0.2) is 47.4 Å². The summed E-state index contributed by atoms with van der Waals surface area (Å²) in [5.41, 5.74) is 2.57. The fourth-order valence-corrected chi connectivity index (χ4v) is 6.07. The van der Waals surface area contributed by atoms with Crippen LogP contribution in [0, 0.1) is 6.92 Å². The smallest absolute Gasteiger partial charge is 0.416 e. The van der Waals surface area contributed by atoms with Crippen molar-refractivity contribution < 1.29 is 32.6 Å². The number of nitrogens with zero attached hydrogens (tertiary/aromatic N) is 7. The van der Waals surface area contributed by atoms with E-state index in [-0.39, 0.29) is 22.9 Å². The number of amides is 2. The summed E-state index contributed by atoms with van der Waals surface area (Å²) in [5, 5.41) is 16.9. The van der Waals surface area contributed by atoms with E-state index in [0.29, 0.717) is 74.3 Å². The summed E-state index contributed by atoms with van der Waals surface area (Å²) in [6.07, 6.45) is 2.03. The maximum Gasteiger partial charge on any atom is 0.416 e. The lowest BCUT2D eigenvalue weighted by molar-refractivity contribution is -0.137. The standard InChI is InChI=1S/C23H25N7O4.C9H8F3NO/c31-17-4-1-7-24-18(17)21(32)28-11-9-27(10-12-28)19-16-3-2-8-29(16)23-25-20(26-30(23)22(19)33)15-5-13-34-14-6-15;1-6-4-7(9(10,11)12)2-3-8(6)13-5-14/h1,4-5,7,31H,2-3,6,8-14H2;2-5H,1H3,(H,13,14). The quantitative estimate of drug-likeness (QED) is 0.307. The van der Waals surface area contributed by atoms with E-state index in [1.54, 1.807) is 11.0 Å². The van der Waals surface area contributed by atoms with E-state index in [0.717, 1.165) is 49.2 Å². The zero-order valence-electron chi connectivity index (χ0n) is 26.0. The largest absolute Gasteiger partial charge is 0.505 e. The van der Waals surface area contributed by atoms with Crippen molar-refractivity contribution in [3.63, 3.8) is 0 Å². The summed E-state index contributed by atoms with van der Waals surface area (Å²) in [7, 11) is 0. The lowest BCUT2D eigenvalue weighted by Gasteiger charge is -2.36. The Labute approximate surface area is 272 Å². The highest BCUT2D eigenvalue weighted by atomic mass is 19.4. The number of piperazine rings is 1. The van der Waals surface area contributed by atoms with Gasteiger partial charge in [-0.25, -0.2) is 4.98 Å². The molecule has 3 aromatic heterocycles. The van der Waals surface area contributed by atoms with Gasteiger partial charge in [-0.05, 0) is 67.7 Å². The summed E-state index contributed by atoms with van der Waals surface area (Å²) < 4.78 is 45.5. The Morgan fingerprint density at radius 2 is 1.90 bits per heavy atom. The molecule has 16 heteroatoms. The van der Waals surface area contributed by atoms with Crippen molar-refractivity contribution in [3.8, 4) is 5.75 Å². The van der Waals surface area contributed by atoms with Gasteiger partial charge in [0.05, 0.1) is 24.5 Å². The molecule has 0 atom stereocenters. The highest BCUT2D eigenvalue weighted by molar-refractivity contribution is 5.95. The van der Waals surface area contributed by atoms with Crippen LogP contribution in [0.4, 0.5) is 24.5 Å². The Balaban J connectivity index is 0.000000242. The minimum atomic E-state index is -4.34. The van der Waals surface area contributed by atoms with Crippen LogP contribution in [0.1, 0.15) is 46.0 Å². The first-order valence-electron chi connectivity index (χ1n) is 15.4. The molecule has 6 heterocycles. The number of pyridine rings is 1. The van der Waals surface area contributed by atoms with Crippen molar-refractivity contribution in [1.82, 2.24) is 29.0 Å². The van der Waals surface area contributed by atoms with Crippen molar-refractivity contribution in [2.75, 3.05) is 49.6 Å². The summed E-state index contributed by atoms with van der Waals surface area (Å²) in [5.74, 6) is 0.742. The zero-order valence-corrected chi connectivity index (χ0v) is 26.0. The Bertz CT molecular complexity index is 1950. The lowest BCUT2D eigenvalue weighted by atomic mass is 10.1. The summed E-state index contributed by atoms with van der Waals surface area (Å²) in [4.78, 5) is 49.0. The number of nitrogens with one attached hydrogen (secondary N) is 1. The minimum absolute atomic E-state index is 0.0518. The maximum absolute atomic E-state index is 13.6. The molecule has 0 saturated carbocycles. The van der Waals surface area contributed by atoms with Crippen LogP contribution in [0.25, 0.3) is 11.4 Å². The predicted octanol–water partition coefficient (Wildman–Crippen LogP) is 3.29. The van der Waals surface area contributed by atoms with Gasteiger partial charge in [0.1, 0.15) is 11.4 Å². The highest BCUT2D eigenvalue weighted by Crippen LogP contribution is 2.32. The number of halogens is 3. The molecule has 252 valence electrons. The van der Waals surface area contributed by atoms with Gasteiger partial charge in [-0.15, -0.1) is 5.10 Å². The van der Waals surface area contributed by atoms with Crippen LogP contribution in [0.5, 0.6) is 5.75 Å². The molecule has 0 aliphatic carbocycles. The number of benzene rings is 1. The molecule has 1 aromatic carbocycles. The molecule has 4 aromatic rings. The van der Waals surface area contributed by atoms with Gasteiger partial charge in [-0.1, -0.05) is 6.08 Å². The van der Waals surface area contributed by atoms with Crippen LogP contribution in [0.3, 0.4) is 0 Å². The molecule has 1 fully saturated rings. The summed E-state index contributed by atoms with van der Waals surface area (Å²) >= 11 is 0. The average molecular weight is 667 g/mol. The number of hydrogen-bond donors (Lipinski definition) is 2. The second kappa shape index (κ2) is 13.5. The molecule has 1 saturated heterocycles. The first-order chi connectivity index (χ1) is 23.1. The third-order valence-electron chi connectivity index (χ3n) is 8.51. The van der Waals surface area contributed by atoms with E-state index in [9.17, 15) is 32.7 Å². The van der Waals surface area contributed by atoms with E-state index < -0.39 is 11.7 Å². The van der Waals surface area contributed by atoms with Crippen LogP contribution in [-0.2, 0) is 28.7 Å². The monoisotopic (exact) mass is 666 g/mol. The molecule has 7 rings (SSSR count). The molecule has 2 N–H and O–H groups in total. The number of rotatable bonds is 5. The number of alkyl halides is 3. The fraction of sp³-hybridized carbons (Fsp3) is 0.375. The van der Waals surface area contributed by atoms with Crippen molar-refractivity contribution in [2.45, 2.75) is 38.9 Å². The third kappa shape index (κ3) is 6.47. The van der Waals surface area contributed by atoms with Gasteiger partial charge in [-0.2, -0.15) is 22.7 Å². The van der Waals surface area contributed by atoms with Crippen LogP contribution < -0.4 is 15.8 Å². The number of aryl methyl sites for hydroxylation is 2. The average Bonchev–Trinajstić information content (AvgIpc) is 3.75. The molecule has 3 aliphatic rings. The number of hydrogen-bond acceptors (Lipinski definition) is 9. The molecule has 48 heavy (non-hydrogen) atoms. The van der Waals surface area contributed by atoms with E-state index in [1.807, 2.05) is 6.08 Å². The third-order valence-corrected chi connectivity index (χ3v) is 8.51. The van der Waals surface area contributed by atoms with Gasteiger partial charge < -0.3 is 29.5 Å². The predicted molar refractivity (Wildman–Crippen MR) is 169 cm³/mol. The van der Waals surface area contributed by atoms with Crippen molar-refractivity contribution in [2.24, 2.45) is 0 Å². The topological polar surface area (TPSA) is 147 Å². The molecular weight excluding hydrogens is 633 g/mol. The Morgan fingerprint density at radius 1 is 1.10 bits per heavy atom. The van der Waals surface area contributed by atoms with Crippen LogP contribution in [0.2, 0.25) is 0 Å². The molecular formula is C32H33F3N8O5. The van der Waals surface area contributed by atoms with E-state index in [1.165, 1.54) is 29.8 Å². The van der Waals surface area contributed by atoms with E-state index >= 15 is 0 Å². The molecule has 0 radical (unpaired) electrons. The number of anilines is 2. The molecule has 2 amide bonds. The van der Waals surface area contributed by atoms with Crippen LogP contribution in [-0.4, -0.2) is 85.9 Å². The molecule has 0 unspecified atom stereocenters. The maximum atomic E-state index is 13.6. The van der Waals surface area contributed by atoms with E-state index in [4.69, 9.17) is 9.72 Å². The highest BCUT2D eigenvalue weighted by Gasteiger charge is 2.32. The van der Waals surface area contributed by atoms with Gasteiger partial charge in [-0.3, -0.25) is 14.4 Å². The van der Waals surface area contributed by atoms with Gasteiger partial charge in [0.15, 0.2) is 11.5 Å². The van der Waals surface area contributed by atoms with Gasteiger partial charge in [0.25, 0.3) is 11.5 Å². The van der Waals surface area contributed by atoms with E-state index in [2.05, 4.69) is 24.9 Å². The Kier molecular flexibility index (Phi) is 9.17. The zero-order chi connectivity index (χ0) is 34.0. The number of aromatic hydroxyl groups is 1. The summed E-state index contributed by atoms with van der Waals surface area (Å²) in [6, 6.07) is 6.19. The number of ether oxygens (including phenoxy) is 1. The number of carbonyl (C=O) groups is 2.